The highest BCUT2D eigenvalue weighted by Crippen LogP contribution is 2.34. The van der Waals surface area contributed by atoms with Crippen molar-refractivity contribution in [2.24, 2.45) is 0 Å². The van der Waals surface area contributed by atoms with Gasteiger partial charge >= 0.3 is 0 Å². The lowest BCUT2D eigenvalue weighted by Gasteiger charge is -2.38. The van der Waals surface area contributed by atoms with Crippen molar-refractivity contribution in [2.75, 3.05) is 25.5 Å². The number of nitrogens with one attached hydrogen (secondary N) is 1. The molecule has 2 heterocycles. The monoisotopic (exact) mass is 375 g/mol. The van der Waals surface area contributed by atoms with Crippen molar-refractivity contribution >= 4 is 17.7 Å². The van der Waals surface area contributed by atoms with Gasteiger partial charge in [-0.25, -0.2) is 4.68 Å². The van der Waals surface area contributed by atoms with Gasteiger partial charge in [0.15, 0.2) is 0 Å². The Labute approximate surface area is 157 Å². The highest BCUT2D eigenvalue weighted by molar-refractivity contribution is 7.99. The van der Waals surface area contributed by atoms with Crippen LogP contribution in [0.3, 0.4) is 0 Å². The molecule has 0 bridgehead atoms. The molecule has 0 aliphatic carbocycles. The lowest BCUT2D eigenvalue weighted by Crippen LogP contribution is -2.45. The number of thioether (sulfide) groups is 1. The molecule has 1 aliphatic rings. The summed E-state index contributed by atoms with van der Waals surface area (Å²) in [7, 11) is 0. The van der Waals surface area contributed by atoms with Gasteiger partial charge in [-0.1, -0.05) is 42.1 Å². The minimum atomic E-state index is -0.0562. The fourth-order valence-electron chi connectivity index (χ4n) is 3.17. The van der Waals surface area contributed by atoms with Gasteiger partial charge in [0, 0.05) is 25.2 Å². The molecule has 0 atom stereocenters. The smallest absolute Gasteiger partial charge is 0.230 e. The molecule has 140 valence electrons. The maximum atomic E-state index is 12.4. The van der Waals surface area contributed by atoms with Crippen LogP contribution in [0.5, 0.6) is 0 Å². The molecule has 1 saturated heterocycles. The van der Waals surface area contributed by atoms with E-state index in [2.05, 4.69) is 45.1 Å². The van der Waals surface area contributed by atoms with Crippen molar-refractivity contribution < 1.29 is 9.53 Å². The van der Waals surface area contributed by atoms with Gasteiger partial charge in [0.25, 0.3) is 0 Å². The van der Waals surface area contributed by atoms with E-state index in [0.717, 1.165) is 26.1 Å². The maximum absolute atomic E-state index is 12.4. The second kappa shape index (κ2) is 8.64. The second-order valence-electron chi connectivity index (χ2n) is 6.82. The van der Waals surface area contributed by atoms with Crippen LogP contribution in [0.2, 0.25) is 0 Å². The van der Waals surface area contributed by atoms with E-state index >= 15 is 0 Å². The maximum Gasteiger partial charge on any atom is 0.230 e. The van der Waals surface area contributed by atoms with E-state index in [-0.39, 0.29) is 17.4 Å². The third-order valence-electron chi connectivity index (χ3n) is 4.74. The molecule has 8 heteroatoms. The first-order valence-electron chi connectivity index (χ1n) is 8.91. The Morgan fingerprint density at radius 3 is 2.73 bits per heavy atom. The zero-order chi connectivity index (χ0) is 18.4. The topological polar surface area (TPSA) is 81.9 Å². The molecular weight excluding hydrogens is 350 g/mol. The summed E-state index contributed by atoms with van der Waals surface area (Å²) in [4.78, 5) is 12.4. The van der Waals surface area contributed by atoms with Crippen LogP contribution in [0.25, 0.3) is 0 Å². The first-order chi connectivity index (χ1) is 12.6. The fourth-order valence-corrected chi connectivity index (χ4v) is 4.01. The van der Waals surface area contributed by atoms with Crippen molar-refractivity contribution in [1.82, 2.24) is 25.5 Å². The van der Waals surface area contributed by atoms with Gasteiger partial charge in [0.1, 0.15) is 0 Å². The zero-order valence-electron chi connectivity index (χ0n) is 15.2. The van der Waals surface area contributed by atoms with Crippen molar-refractivity contribution in [3.05, 3.63) is 35.9 Å². The standard InChI is InChI=1S/C18H25N5O2S/c1-14(2)23-17(20-21-22-23)26-12-16(24)19-13-18(8-10-25-11-9-18)15-6-4-3-5-7-15/h3-7,14H,8-13H2,1-2H3,(H,19,24). The summed E-state index contributed by atoms with van der Waals surface area (Å²) in [5.41, 5.74) is 1.21. The van der Waals surface area contributed by atoms with Crippen molar-refractivity contribution in [2.45, 2.75) is 43.3 Å². The molecule has 0 saturated carbocycles. The van der Waals surface area contributed by atoms with E-state index < -0.39 is 0 Å². The van der Waals surface area contributed by atoms with E-state index in [0.29, 0.717) is 17.5 Å². The number of benzene rings is 1. The van der Waals surface area contributed by atoms with Crippen LogP contribution in [0.1, 0.15) is 38.3 Å². The molecule has 1 aliphatic heterocycles. The van der Waals surface area contributed by atoms with Crippen LogP contribution in [0.4, 0.5) is 0 Å². The molecule has 7 nitrogen and oxygen atoms in total. The number of aromatic nitrogens is 4. The third kappa shape index (κ3) is 4.42. The fraction of sp³-hybridized carbons (Fsp3) is 0.556. The molecule has 0 unspecified atom stereocenters. The first kappa shape index (κ1) is 18.8. The molecule has 0 spiro atoms. The van der Waals surface area contributed by atoms with Crippen molar-refractivity contribution in [3.8, 4) is 0 Å². The molecular formula is C18H25N5O2S. The SMILES string of the molecule is CC(C)n1nnnc1SCC(=O)NCC1(c2ccccc2)CCOCC1. The zero-order valence-corrected chi connectivity index (χ0v) is 16.0. The Hall–Kier alpha value is -1.93. The number of amides is 1. The average Bonchev–Trinajstić information content (AvgIpc) is 3.15. The summed E-state index contributed by atoms with van der Waals surface area (Å²) in [5.74, 6) is 0.296. The van der Waals surface area contributed by atoms with Gasteiger partial charge in [-0.2, -0.15) is 0 Å². The summed E-state index contributed by atoms with van der Waals surface area (Å²) in [6.07, 6.45) is 1.83. The molecule has 1 amide bonds. The number of tetrazole rings is 1. The Bertz CT molecular complexity index is 713. The van der Waals surface area contributed by atoms with Gasteiger partial charge in [-0.15, -0.1) is 5.10 Å². The molecule has 1 fully saturated rings. The van der Waals surface area contributed by atoms with Crippen molar-refractivity contribution in [3.63, 3.8) is 0 Å². The minimum absolute atomic E-state index is 0.00453. The minimum Gasteiger partial charge on any atom is -0.381 e. The Kier molecular flexibility index (Phi) is 6.26. The van der Waals surface area contributed by atoms with Crippen LogP contribution >= 0.6 is 11.8 Å². The number of hydrogen-bond donors (Lipinski definition) is 1. The third-order valence-corrected chi connectivity index (χ3v) is 5.68. The van der Waals surface area contributed by atoms with Crippen LogP contribution in [-0.2, 0) is 14.9 Å². The molecule has 1 aromatic carbocycles. The van der Waals surface area contributed by atoms with Gasteiger partial charge < -0.3 is 10.1 Å². The number of rotatable bonds is 7. The van der Waals surface area contributed by atoms with E-state index in [4.69, 9.17) is 4.74 Å². The molecule has 26 heavy (non-hydrogen) atoms. The summed E-state index contributed by atoms with van der Waals surface area (Å²) >= 11 is 1.36. The second-order valence-corrected chi connectivity index (χ2v) is 7.77. The number of carbonyl (C=O) groups excluding carboxylic acids is 1. The Morgan fingerprint density at radius 2 is 2.04 bits per heavy atom. The highest BCUT2D eigenvalue weighted by Gasteiger charge is 2.34. The number of nitrogens with zero attached hydrogens (tertiary/aromatic N) is 4. The number of hydrogen-bond acceptors (Lipinski definition) is 6. The molecule has 1 N–H and O–H groups in total. The van der Waals surface area contributed by atoms with Crippen LogP contribution in [-0.4, -0.2) is 51.6 Å². The Morgan fingerprint density at radius 1 is 1.31 bits per heavy atom. The average molecular weight is 375 g/mol. The summed E-state index contributed by atoms with van der Waals surface area (Å²) in [6.45, 7) is 6.09. The molecule has 3 rings (SSSR count). The van der Waals surface area contributed by atoms with E-state index in [9.17, 15) is 4.79 Å². The summed E-state index contributed by atoms with van der Waals surface area (Å²) < 4.78 is 7.27. The van der Waals surface area contributed by atoms with Gasteiger partial charge in [0.05, 0.1) is 11.8 Å². The number of carbonyl (C=O) groups is 1. The largest absolute Gasteiger partial charge is 0.381 e. The van der Waals surface area contributed by atoms with Crippen LogP contribution < -0.4 is 5.32 Å². The predicted octanol–water partition coefficient (Wildman–Crippen LogP) is 2.21. The lowest BCUT2D eigenvalue weighted by molar-refractivity contribution is -0.119. The normalized spacial score (nSPS) is 16.6. The highest BCUT2D eigenvalue weighted by atomic mass is 32.2. The van der Waals surface area contributed by atoms with Crippen LogP contribution in [0, 0.1) is 0 Å². The molecule has 2 aromatic rings. The van der Waals surface area contributed by atoms with Gasteiger partial charge in [-0.3, -0.25) is 4.79 Å². The first-order valence-corrected chi connectivity index (χ1v) is 9.90. The predicted molar refractivity (Wildman–Crippen MR) is 100 cm³/mol. The summed E-state index contributed by atoms with van der Waals surface area (Å²) in [5, 5.41) is 15.4. The molecule has 1 aromatic heterocycles. The Balaban J connectivity index is 1.59. The van der Waals surface area contributed by atoms with Gasteiger partial charge in [-0.05, 0) is 42.7 Å². The van der Waals surface area contributed by atoms with E-state index in [1.807, 2.05) is 19.9 Å². The van der Waals surface area contributed by atoms with Crippen LogP contribution in [0.15, 0.2) is 35.5 Å². The number of ether oxygens (including phenoxy) is 1. The van der Waals surface area contributed by atoms with E-state index in [1.54, 1.807) is 4.68 Å². The quantitative estimate of drug-likeness (QED) is 0.747. The summed E-state index contributed by atoms with van der Waals surface area (Å²) in [6, 6.07) is 10.6. The van der Waals surface area contributed by atoms with Crippen molar-refractivity contribution in [1.29, 1.82) is 0 Å². The van der Waals surface area contributed by atoms with E-state index in [1.165, 1.54) is 17.3 Å². The molecule has 0 radical (unpaired) electrons. The van der Waals surface area contributed by atoms with Gasteiger partial charge in [0.2, 0.25) is 11.1 Å². The lowest BCUT2D eigenvalue weighted by atomic mass is 9.74.